The Morgan fingerprint density at radius 3 is 2.16 bits per heavy atom. The minimum atomic E-state index is -0.0179. The van der Waals surface area contributed by atoms with Gasteiger partial charge in [0.2, 0.25) is 5.91 Å². The standard InChI is InChI=1S/C18H29N5O2/c1-6-19-18(20-12-11-16(24)22(2)3)21-13-14-7-9-15(10-8-14)17(25)23(4)5/h7-10H,6,11-13H2,1-5H3,(H2,19,20,21). The first-order valence-corrected chi connectivity index (χ1v) is 8.38. The van der Waals surface area contributed by atoms with E-state index in [2.05, 4.69) is 15.6 Å². The van der Waals surface area contributed by atoms with Crippen LogP contribution in [0.2, 0.25) is 0 Å². The number of carbonyl (C=O) groups is 2. The van der Waals surface area contributed by atoms with Crippen molar-refractivity contribution >= 4 is 17.8 Å². The fourth-order valence-electron chi connectivity index (χ4n) is 2.03. The zero-order valence-electron chi connectivity index (χ0n) is 15.8. The Morgan fingerprint density at radius 1 is 1.00 bits per heavy atom. The highest BCUT2D eigenvalue weighted by atomic mass is 16.2. The Morgan fingerprint density at radius 2 is 1.64 bits per heavy atom. The van der Waals surface area contributed by atoms with E-state index in [0.29, 0.717) is 31.0 Å². The van der Waals surface area contributed by atoms with E-state index in [4.69, 9.17) is 0 Å². The molecule has 0 fully saturated rings. The van der Waals surface area contributed by atoms with E-state index in [1.807, 2.05) is 31.2 Å². The average Bonchev–Trinajstić information content (AvgIpc) is 2.59. The van der Waals surface area contributed by atoms with Crippen LogP contribution in [0.1, 0.15) is 29.3 Å². The summed E-state index contributed by atoms with van der Waals surface area (Å²) >= 11 is 0. The molecule has 0 aliphatic heterocycles. The van der Waals surface area contributed by atoms with Crippen molar-refractivity contribution in [3.8, 4) is 0 Å². The molecule has 0 saturated heterocycles. The summed E-state index contributed by atoms with van der Waals surface area (Å²) in [7, 11) is 6.95. The number of hydrogen-bond donors (Lipinski definition) is 2. The van der Waals surface area contributed by atoms with E-state index in [-0.39, 0.29) is 11.8 Å². The van der Waals surface area contributed by atoms with Gasteiger partial charge in [-0.15, -0.1) is 0 Å². The lowest BCUT2D eigenvalue weighted by Gasteiger charge is -2.13. The van der Waals surface area contributed by atoms with Crippen molar-refractivity contribution in [2.45, 2.75) is 19.9 Å². The monoisotopic (exact) mass is 347 g/mol. The third-order valence-corrected chi connectivity index (χ3v) is 3.50. The molecule has 0 spiro atoms. The van der Waals surface area contributed by atoms with Gasteiger partial charge in [-0.25, -0.2) is 4.99 Å². The maximum Gasteiger partial charge on any atom is 0.253 e. The normalized spacial score (nSPS) is 11.0. The first kappa shape index (κ1) is 20.5. The molecule has 2 amide bonds. The third-order valence-electron chi connectivity index (χ3n) is 3.50. The topological polar surface area (TPSA) is 77.0 Å². The van der Waals surface area contributed by atoms with Gasteiger partial charge in [0.1, 0.15) is 0 Å². The summed E-state index contributed by atoms with van der Waals surface area (Å²) in [5.74, 6) is 0.725. The molecule has 0 saturated carbocycles. The lowest BCUT2D eigenvalue weighted by atomic mass is 10.1. The fraction of sp³-hybridized carbons (Fsp3) is 0.500. The van der Waals surface area contributed by atoms with Crippen LogP contribution in [0.3, 0.4) is 0 Å². The van der Waals surface area contributed by atoms with Crippen LogP contribution in [-0.2, 0) is 11.3 Å². The van der Waals surface area contributed by atoms with Crippen molar-refractivity contribution in [3.05, 3.63) is 35.4 Å². The molecule has 25 heavy (non-hydrogen) atoms. The van der Waals surface area contributed by atoms with Gasteiger partial charge in [-0.2, -0.15) is 0 Å². The molecule has 1 aromatic carbocycles. The van der Waals surface area contributed by atoms with E-state index in [1.54, 1.807) is 38.0 Å². The summed E-state index contributed by atoms with van der Waals surface area (Å²) in [6.07, 6.45) is 0.415. The summed E-state index contributed by atoms with van der Waals surface area (Å²) in [5, 5.41) is 6.31. The second-order valence-electron chi connectivity index (χ2n) is 6.06. The number of nitrogens with one attached hydrogen (secondary N) is 2. The van der Waals surface area contributed by atoms with Crippen LogP contribution in [0.4, 0.5) is 0 Å². The minimum Gasteiger partial charge on any atom is -0.357 e. The number of rotatable bonds is 7. The number of guanidine groups is 1. The van der Waals surface area contributed by atoms with Crippen molar-refractivity contribution in [2.75, 3.05) is 41.3 Å². The number of benzene rings is 1. The Hall–Kier alpha value is -2.57. The van der Waals surface area contributed by atoms with E-state index >= 15 is 0 Å². The molecule has 0 heterocycles. The summed E-state index contributed by atoms with van der Waals surface area (Å²) in [6.45, 7) is 3.75. The van der Waals surface area contributed by atoms with Gasteiger partial charge in [-0.1, -0.05) is 12.1 Å². The predicted octanol–water partition coefficient (Wildman–Crippen LogP) is 0.922. The smallest absolute Gasteiger partial charge is 0.253 e. The van der Waals surface area contributed by atoms with Crippen molar-refractivity contribution in [3.63, 3.8) is 0 Å². The molecule has 0 aliphatic carbocycles. The molecule has 0 unspecified atom stereocenters. The van der Waals surface area contributed by atoms with Gasteiger partial charge in [-0.3, -0.25) is 9.59 Å². The highest BCUT2D eigenvalue weighted by Gasteiger charge is 2.07. The molecule has 0 radical (unpaired) electrons. The van der Waals surface area contributed by atoms with Gasteiger partial charge in [0.25, 0.3) is 5.91 Å². The SMILES string of the molecule is CCNC(=NCc1ccc(C(=O)N(C)C)cc1)NCCC(=O)N(C)C. The molecule has 2 N–H and O–H groups in total. The quantitative estimate of drug-likeness (QED) is 0.568. The third kappa shape index (κ3) is 7.24. The molecule has 7 nitrogen and oxygen atoms in total. The number of aliphatic imine (C=N–C) groups is 1. The lowest BCUT2D eigenvalue weighted by molar-refractivity contribution is -0.128. The van der Waals surface area contributed by atoms with Crippen LogP contribution in [0.15, 0.2) is 29.3 Å². The summed E-state index contributed by atoms with van der Waals surface area (Å²) in [5.41, 5.74) is 1.67. The second kappa shape index (κ2) is 10.3. The second-order valence-corrected chi connectivity index (χ2v) is 6.06. The predicted molar refractivity (Wildman–Crippen MR) is 101 cm³/mol. The molecule has 0 bridgehead atoms. The van der Waals surface area contributed by atoms with Gasteiger partial charge < -0.3 is 20.4 Å². The summed E-state index contributed by atoms with van der Waals surface area (Å²) in [6, 6.07) is 7.42. The van der Waals surface area contributed by atoms with Crippen molar-refractivity contribution in [1.29, 1.82) is 0 Å². The van der Waals surface area contributed by atoms with Gasteiger partial charge in [0, 0.05) is 53.3 Å². The maximum absolute atomic E-state index is 11.9. The van der Waals surface area contributed by atoms with Gasteiger partial charge in [0.15, 0.2) is 5.96 Å². The number of nitrogens with zero attached hydrogens (tertiary/aromatic N) is 3. The van der Waals surface area contributed by atoms with Gasteiger partial charge in [0.05, 0.1) is 6.54 Å². The van der Waals surface area contributed by atoms with Gasteiger partial charge in [-0.05, 0) is 24.6 Å². The van der Waals surface area contributed by atoms with Crippen LogP contribution in [0.5, 0.6) is 0 Å². The van der Waals surface area contributed by atoms with Gasteiger partial charge >= 0.3 is 0 Å². The molecule has 0 aliphatic rings. The first-order valence-electron chi connectivity index (χ1n) is 8.38. The zero-order valence-corrected chi connectivity index (χ0v) is 15.8. The molecule has 1 rings (SSSR count). The van der Waals surface area contributed by atoms with Crippen LogP contribution in [0.25, 0.3) is 0 Å². The van der Waals surface area contributed by atoms with Crippen molar-refractivity contribution in [2.24, 2.45) is 4.99 Å². The first-order chi connectivity index (χ1) is 11.8. The highest BCUT2D eigenvalue weighted by molar-refractivity contribution is 5.93. The Bertz CT molecular complexity index is 594. The summed E-state index contributed by atoms with van der Waals surface area (Å²) in [4.78, 5) is 31.1. The lowest BCUT2D eigenvalue weighted by Crippen LogP contribution is -2.39. The van der Waals surface area contributed by atoms with Crippen LogP contribution >= 0.6 is 0 Å². The molecular weight excluding hydrogens is 318 g/mol. The fourth-order valence-corrected chi connectivity index (χ4v) is 2.03. The Labute approximate surface area is 150 Å². The van der Waals surface area contributed by atoms with E-state index in [1.165, 1.54) is 0 Å². The molecule has 138 valence electrons. The minimum absolute atomic E-state index is 0.0179. The highest BCUT2D eigenvalue weighted by Crippen LogP contribution is 2.07. The number of hydrogen-bond acceptors (Lipinski definition) is 3. The Balaban J connectivity index is 2.61. The molecule has 0 aromatic heterocycles. The van der Waals surface area contributed by atoms with Crippen LogP contribution < -0.4 is 10.6 Å². The van der Waals surface area contributed by atoms with E-state index < -0.39 is 0 Å². The molecule has 0 atom stereocenters. The molecule has 7 heteroatoms. The average molecular weight is 347 g/mol. The summed E-state index contributed by atoms with van der Waals surface area (Å²) < 4.78 is 0. The molecular formula is C18H29N5O2. The van der Waals surface area contributed by atoms with E-state index in [9.17, 15) is 9.59 Å². The van der Waals surface area contributed by atoms with Crippen molar-refractivity contribution < 1.29 is 9.59 Å². The molecule has 1 aromatic rings. The number of carbonyl (C=O) groups excluding carboxylic acids is 2. The largest absolute Gasteiger partial charge is 0.357 e. The maximum atomic E-state index is 11.9. The van der Waals surface area contributed by atoms with E-state index in [0.717, 1.165) is 12.1 Å². The Kier molecular flexibility index (Phi) is 8.46. The zero-order chi connectivity index (χ0) is 18.8. The number of amides is 2. The van der Waals surface area contributed by atoms with Crippen molar-refractivity contribution in [1.82, 2.24) is 20.4 Å². The van der Waals surface area contributed by atoms with Crippen LogP contribution in [-0.4, -0.2) is 68.9 Å². The van der Waals surface area contributed by atoms with Crippen LogP contribution in [0, 0.1) is 0 Å².